The Kier molecular flexibility index (Phi) is 5.97. The fourth-order valence-electron chi connectivity index (χ4n) is 4.36. The highest BCUT2D eigenvalue weighted by atomic mass is 19.1. The average molecular weight is 465 g/mol. The molecule has 4 aromatic rings. The zero-order valence-electron chi connectivity index (χ0n) is 18.7. The van der Waals surface area contributed by atoms with Crippen molar-refractivity contribution in [1.82, 2.24) is 29.8 Å². The minimum atomic E-state index is -0.900. The van der Waals surface area contributed by atoms with E-state index >= 15 is 0 Å². The number of ether oxygens (including phenoxy) is 1. The Morgan fingerprint density at radius 2 is 2.18 bits per heavy atom. The Hall–Kier alpha value is -3.79. The van der Waals surface area contributed by atoms with Gasteiger partial charge in [-0.15, -0.1) is 10.2 Å². The lowest BCUT2D eigenvalue weighted by atomic mass is 10.1. The first-order valence-electron chi connectivity index (χ1n) is 11.3. The Morgan fingerprint density at radius 3 is 2.94 bits per heavy atom. The molecule has 9 nitrogen and oxygen atoms in total. The van der Waals surface area contributed by atoms with Crippen molar-refractivity contribution in [2.75, 3.05) is 26.2 Å². The third kappa shape index (κ3) is 4.24. The smallest absolute Gasteiger partial charge is 0.407 e. The molecule has 3 aromatic heterocycles. The van der Waals surface area contributed by atoms with Crippen molar-refractivity contribution in [3.05, 3.63) is 54.0 Å². The summed E-state index contributed by atoms with van der Waals surface area (Å²) in [7, 11) is 0. The van der Waals surface area contributed by atoms with Gasteiger partial charge in [0.05, 0.1) is 12.1 Å². The molecule has 0 saturated carbocycles. The number of pyridine rings is 2. The SMILES string of the molecule is CCOc1cc2nc(-c3nnc4ccc(CCN(C(=O)O)[C@H]5CCNC5)cn34)ccc2cc1F. The van der Waals surface area contributed by atoms with E-state index in [9.17, 15) is 14.3 Å². The van der Waals surface area contributed by atoms with Crippen LogP contribution in [0.25, 0.3) is 28.1 Å². The number of amides is 1. The summed E-state index contributed by atoms with van der Waals surface area (Å²) in [6, 6.07) is 10.4. The minimum Gasteiger partial charge on any atom is -0.491 e. The molecule has 0 unspecified atom stereocenters. The number of fused-ring (bicyclic) bond motifs is 2. The van der Waals surface area contributed by atoms with E-state index in [1.807, 2.05) is 22.7 Å². The van der Waals surface area contributed by atoms with Crippen LogP contribution in [0.3, 0.4) is 0 Å². The molecule has 176 valence electrons. The number of hydrogen-bond acceptors (Lipinski definition) is 6. The number of hydrogen-bond donors (Lipinski definition) is 2. The molecule has 1 aromatic carbocycles. The maximum absolute atomic E-state index is 14.2. The van der Waals surface area contributed by atoms with Gasteiger partial charge in [0.2, 0.25) is 0 Å². The molecule has 1 aliphatic heterocycles. The van der Waals surface area contributed by atoms with Crippen LogP contribution >= 0.6 is 0 Å². The molecule has 0 bridgehead atoms. The quantitative estimate of drug-likeness (QED) is 0.432. The Balaban J connectivity index is 1.44. The number of halogens is 1. The predicted molar refractivity (Wildman–Crippen MR) is 125 cm³/mol. The van der Waals surface area contributed by atoms with E-state index in [2.05, 4.69) is 20.5 Å². The Morgan fingerprint density at radius 1 is 1.29 bits per heavy atom. The largest absolute Gasteiger partial charge is 0.491 e. The zero-order chi connectivity index (χ0) is 23.7. The van der Waals surface area contributed by atoms with E-state index in [1.54, 1.807) is 25.1 Å². The Bertz CT molecular complexity index is 1350. The summed E-state index contributed by atoms with van der Waals surface area (Å²) >= 11 is 0. The lowest BCUT2D eigenvalue weighted by Crippen LogP contribution is -2.41. The molecule has 0 radical (unpaired) electrons. The molecule has 5 rings (SSSR count). The van der Waals surface area contributed by atoms with Crippen molar-refractivity contribution in [2.24, 2.45) is 0 Å². The van der Waals surface area contributed by atoms with Gasteiger partial charge in [0.15, 0.2) is 23.0 Å². The summed E-state index contributed by atoms with van der Waals surface area (Å²) in [5, 5.41) is 22.1. The van der Waals surface area contributed by atoms with Gasteiger partial charge in [-0.2, -0.15) is 0 Å². The summed E-state index contributed by atoms with van der Waals surface area (Å²) in [4.78, 5) is 17.9. The van der Waals surface area contributed by atoms with Crippen LogP contribution in [0.15, 0.2) is 42.6 Å². The molecule has 1 aliphatic rings. The summed E-state index contributed by atoms with van der Waals surface area (Å²) in [5.41, 5.74) is 2.81. The summed E-state index contributed by atoms with van der Waals surface area (Å²) in [6.07, 6.45) is 2.41. The molecule has 4 heterocycles. The molecule has 10 heteroatoms. The number of rotatable bonds is 7. The van der Waals surface area contributed by atoms with Crippen LogP contribution in [-0.2, 0) is 6.42 Å². The highest BCUT2D eigenvalue weighted by Crippen LogP contribution is 2.26. The molecule has 0 aliphatic carbocycles. The van der Waals surface area contributed by atoms with Crippen molar-refractivity contribution in [1.29, 1.82) is 0 Å². The molecule has 1 amide bonds. The standard InChI is InChI=1S/C24H25FN6O3/c1-2-34-21-12-20-16(11-18(21)25)4-5-19(27-20)23-29-28-22-6-3-15(14-31(22)23)8-10-30(24(32)33)17-7-9-26-13-17/h3-6,11-12,14,17,26H,2,7-10,13H2,1H3,(H,32,33)/t17-/m0/s1. The van der Waals surface area contributed by atoms with E-state index in [0.717, 1.165) is 18.5 Å². The molecule has 0 spiro atoms. The van der Waals surface area contributed by atoms with Crippen LogP contribution in [0.4, 0.5) is 9.18 Å². The Labute approximate surface area is 195 Å². The van der Waals surface area contributed by atoms with Gasteiger partial charge in [-0.3, -0.25) is 4.40 Å². The number of benzene rings is 1. The maximum atomic E-state index is 14.2. The van der Waals surface area contributed by atoms with E-state index in [4.69, 9.17) is 4.74 Å². The number of nitrogens with one attached hydrogen (secondary N) is 1. The third-order valence-corrected chi connectivity index (χ3v) is 6.10. The van der Waals surface area contributed by atoms with E-state index < -0.39 is 11.9 Å². The molecule has 1 fully saturated rings. The highest BCUT2D eigenvalue weighted by molar-refractivity contribution is 5.82. The second kappa shape index (κ2) is 9.22. The predicted octanol–water partition coefficient (Wildman–Crippen LogP) is 3.37. The fraction of sp³-hybridized carbons (Fsp3) is 0.333. The first-order valence-corrected chi connectivity index (χ1v) is 11.3. The van der Waals surface area contributed by atoms with Gasteiger partial charge in [0.25, 0.3) is 0 Å². The van der Waals surface area contributed by atoms with Gasteiger partial charge >= 0.3 is 6.09 Å². The van der Waals surface area contributed by atoms with E-state index in [-0.39, 0.29) is 11.8 Å². The number of carbonyl (C=O) groups is 1. The van der Waals surface area contributed by atoms with Crippen molar-refractivity contribution in [3.8, 4) is 17.3 Å². The molecule has 1 saturated heterocycles. The van der Waals surface area contributed by atoms with Crippen LogP contribution in [0.1, 0.15) is 18.9 Å². The molecule has 34 heavy (non-hydrogen) atoms. The van der Waals surface area contributed by atoms with Crippen LogP contribution in [0.5, 0.6) is 5.75 Å². The second-order valence-electron chi connectivity index (χ2n) is 8.27. The summed E-state index contributed by atoms with van der Waals surface area (Å²) < 4.78 is 21.4. The van der Waals surface area contributed by atoms with Crippen LogP contribution in [0.2, 0.25) is 0 Å². The van der Waals surface area contributed by atoms with Gasteiger partial charge in [-0.1, -0.05) is 12.1 Å². The van der Waals surface area contributed by atoms with Gasteiger partial charge in [0.1, 0.15) is 5.69 Å². The molecule has 2 N–H and O–H groups in total. The van der Waals surface area contributed by atoms with Crippen molar-refractivity contribution in [2.45, 2.75) is 25.8 Å². The average Bonchev–Trinajstić information content (AvgIpc) is 3.49. The molecule has 1 atom stereocenters. The van der Waals surface area contributed by atoms with E-state index in [0.29, 0.717) is 54.2 Å². The van der Waals surface area contributed by atoms with Crippen LogP contribution in [-0.4, -0.2) is 68.0 Å². The zero-order valence-corrected chi connectivity index (χ0v) is 18.7. The van der Waals surface area contributed by atoms with Gasteiger partial charge in [-0.25, -0.2) is 14.2 Å². The lowest BCUT2D eigenvalue weighted by molar-refractivity contribution is 0.128. The number of nitrogens with zero attached hydrogens (tertiary/aromatic N) is 5. The first kappa shape index (κ1) is 22.0. The van der Waals surface area contributed by atoms with Gasteiger partial charge < -0.3 is 20.1 Å². The van der Waals surface area contributed by atoms with E-state index in [1.165, 1.54) is 11.0 Å². The number of aromatic nitrogens is 4. The van der Waals surface area contributed by atoms with Crippen molar-refractivity contribution >= 4 is 22.6 Å². The second-order valence-corrected chi connectivity index (χ2v) is 8.27. The maximum Gasteiger partial charge on any atom is 0.407 e. The van der Waals surface area contributed by atoms with Crippen LogP contribution < -0.4 is 10.1 Å². The highest BCUT2D eigenvalue weighted by Gasteiger charge is 2.26. The van der Waals surface area contributed by atoms with Gasteiger partial charge in [-0.05, 0) is 50.1 Å². The number of carboxylic acid groups (broad SMARTS) is 1. The topological polar surface area (TPSA) is 105 Å². The summed E-state index contributed by atoms with van der Waals surface area (Å²) in [6.45, 7) is 4.08. The van der Waals surface area contributed by atoms with Crippen molar-refractivity contribution < 1.29 is 19.0 Å². The fourth-order valence-corrected chi connectivity index (χ4v) is 4.36. The molecular weight excluding hydrogens is 439 g/mol. The van der Waals surface area contributed by atoms with Crippen LogP contribution in [0, 0.1) is 5.82 Å². The van der Waals surface area contributed by atoms with Gasteiger partial charge in [0, 0.05) is 36.8 Å². The molecular formula is C24H25FN6O3. The monoisotopic (exact) mass is 464 g/mol. The minimum absolute atomic E-state index is 0.0000748. The third-order valence-electron chi connectivity index (χ3n) is 6.10. The normalized spacial score (nSPS) is 15.8. The summed E-state index contributed by atoms with van der Waals surface area (Å²) in [5.74, 6) is 0.287. The first-order chi connectivity index (χ1) is 16.5. The lowest BCUT2D eigenvalue weighted by Gasteiger charge is -2.25. The van der Waals surface area contributed by atoms with Crippen molar-refractivity contribution in [3.63, 3.8) is 0 Å².